The summed E-state index contributed by atoms with van der Waals surface area (Å²) in [6.45, 7) is 3.19. The molecule has 0 spiro atoms. The predicted octanol–water partition coefficient (Wildman–Crippen LogP) is 3.46. The van der Waals surface area contributed by atoms with Crippen molar-refractivity contribution in [2.24, 2.45) is 11.8 Å². The largest absolute Gasteiger partial charge is 0.310 e. The van der Waals surface area contributed by atoms with E-state index in [0.717, 1.165) is 12.5 Å². The van der Waals surface area contributed by atoms with Crippen LogP contribution in [0, 0.1) is 17.7 Å². The molecule has 1 N–H and O–H groups in total. The van der Waals surface area contributed by atoms with Gasteiger partial charge in [0, 0.05) is 6.04 Å². The smallest absolute Gasteiger partial charge is 0.178 e. The third-order valence-electron chi connectivity index (χ3n) is 5.06. The van der Waals surface area contributed by atoms with E-state index >= 15 is 0 Å². The molecule has 0 unspecified atom stereocenters. The third kappa shape index (κ3) is 3.35. The fourth-order valence-corrected chi connectivity index (χ4v) is 5.48. The molecule has 1 aliphatic carbocycles. The monoisotopic (exact) mass is 325 g/mol. The summed E-state index contributed by atoms with van der Waals surface area (Å²) in [4.78, 5) is 0.301. The molecule has 3 atom stereocenters. The van der Waals surface area contributed by atoms with Crippen LogP contribution in [0.3, 0.4) is 0 Å². The molecule has 0 aromatic heterocycles. The molecule has 1 heterocycles. The Balaban J connectivity index is 1.74. The lowest BCUT2D eigenvalue weighted by Gasteiger charge is -2.31. The van der Waals surface area contributed by atoms with Gasteiger partial charge in [-0.25, -0.2) is 12.8 Å². The first-order valence-corrected chi connectivity index (χ1v) is 9.86. The first-order chi connectivity index (χ1) is 10.5. The fourth-order valence-electron chi connectivity index (χ4n) is 3.88. The Bertz CT molecular complexity index is 644. The van der Waals surface area contributed by atoms with Crippen LogP contribution in [0.4, 0.5) is 4.39 Å². The Hall–Kier alpha value is -0.940. The molecule has 2 aliphatic rings. The van der Waals surface area contributed by atoms with E-state index in [2.05, 4.69) is 12.2 Å². The topological polar surface area (TPSA) is 46.2 Å². The van der Waals surface area contributed by atoms with Gasteiger partial charge >= 0.3 is 0 Å². The van der Waals surface area contributed by atoms with Gasteiger partial charge in [0.2, 0.25) is 0 Å². The predicted molar refractivity (Wildman–Crippen MR) is 84.9 cm³/mol. The van der Waals surface area contributed by atoms with Crippen LogP contribution >= 0.6 is 0 Å². The zero-order valence-electron chi connectivity index (χ0n) is 13.0. The highest BCUT2D eigenvalue weighted by Crippen LogP contribution is 2.34. The van der Waals surface area contributed by atoms with Crippen molar-refractivity contribution < 1.29 is 12.8 Å². The second-order valence-corrected chi connectivity index (χ2v) is 8.97. The van der Waals surface area contributed by atoms with Crippen LogP contribution in [-0.2, 0) is 9.84 Å². The van der Waals surface area contributed by atoms with Crippen molar-refractivity contribution in [1.82, 2.24) is 5.32 Å². The summed E-state index contributed by atoms with van der Waals surface area (Å²) in [5.41, 5.74) is 0.607. The zero-order chi connectivity index (χ0) is 15.7. The average Bonchev–Trinajstić information content (AvgIpc) is 2.46. The van der Waals surface area contributed by atoms with Crippen molar-refractivity contribution in [3.05, 3.63) is 29.6 Å². The van der Waals surface area contributed by atoms with Crippen molar-refractivity contribution >= 4 is 9.84 Å². The highest BCUT2D eigenvalue weighted by molar-refractivity contribution is 7.91. The molecular formula is C17H24FNO2S. The fraction of sp³-hybridized carbons (Fsp3) is 0.647. The summed E-state index contributed by atoms with van der Waals surface area (Å²) >= 11 is 0. The summed E-state index contributed by atoms with van der Waals surface area (Å²) in [5, 5.41) is 3.50. The minimum absolute atomic E-state index is 0.0496. The Morgan fingerprint density at radius 1 is 1.27 bits per heavy atom. The van der Waals surface area contributed by atoms with E-state index in [0.29, 0.717) is 22.8 Å². The van der Waals surface area contributed by atoms with Crippen molar-refractivity contribution in [3.63, 3.8) is 0 Å². The number of benzene rings is 1. The van der Waals surface area contributed by atoms with Gasteiger partial charge in [-0.2, -0.15) is 0 Å². The lowest BCUT2D eigenvalue weighted by Crippen LogP contribution is -2.34. The van der Waals surface area contributed by atoms with Crippen LogP contribution in [0.1, 0.15) is 50.6 Å². The summed E-state index contributed by atoms with van der Waals surface area (Å²) < 4.78 is 37.8. The van der Waals surface area contributed by atoms with E-state index in [1.54, 1.807) is 0 Å². The van der Waals surface area contributed by atoms with Gasteiger partial charge in [-0.05, 0) is 61.4 Å². The summed E-state index contributed by atoms with van der Waals surface area (Å²) in [5.74, 6) is 1.20. The average molecular weight is 325 g/mol. The molecule has 0 radical (unpaired) electrons. The summed E-state index contributed by atoms with van der Waals surface area (Å²) in [6, 6.07) is 3.98. The summed E-state index contributed by atoms with van der Waals surface area (Å²) in [7, 11) is -3.25. The molecule has 1 saturated carbocycles. The van der Waals surface area contributed by atoms with Crippen molar-refractivity contribution in [2.75, 3.05) is 12.3 Å². The highest BCUT2D eigenvalue weighted by Gasteiger charge is 2.31. The van der Waals surface area contributed by atoms with Crippen LogP contribution in [0.15, 0.2) is 23.1 Å². The third-order valence-corrected chi connectivity index (χ3v) is 6.87. The Labute approximate surface area is 132 Å². The SMILES string of the molecule is C[C@@H]1CCC[C@H](CN[C@@H]2CCS(=O)(=O)c3ccc(F)cc32)C1. The van der Waals surface area contributed by atoms with Gasteiger partial charge in [0.25, 0.3) is 0 Å². The first-order valence-electron chi connectivity index (χ1n) is 8.21. The van der Waals surface area contributed by atoms with Crippen molar-refractivity contribution in [3.8, 4) is 0 Å². The Morgan fingerprint density at radius 3 is 2.86 bits per heavy atom. The molecule has 3 nitrogen and oxygen atoms in total. The van der Waals surface area contributed by atoms with Gasteiger partial charge in [-0.15, -0.1) is 0 Å². The Morgan fingerprint density at radius 2 is 2.09 bits per heavy atom. The minimum Gasteiger partial charge on any atom is -0.310 e. The molecule has 0 saturated heterocycles. The van der Waals surface area contributed by atoms with Gasteiger partial charge in [0.05, 0.1) is 10.6 Å². The minimum atomic E-state index is -3.25. The van der Waals surface area contributed by atoms with E-state index < -0.39 is 9.84 Å². The molecule has 122 valence electrons. The maximum absolute atomic E-state index is 13.5. The van der Waals surface area contributed by atoms with Crippen molar-refractivity contribution in [2.45, 2.75) is 50.0 Å². The molecule has 1 aromatic carbocycles. The van der Waals surface area contributed by atoms with Crippen LogP contribution in [0.5, 0.6) is 0 Å². The molecule has 1 aliphatic heterocycles. The van der Waals surface area contributed by atoms with Crippen LogP contribution in [-0.4, -0.2) is 20.7 Å². The molecule has 3 rings (SSSR count). The van der Waals surface area contributed by atoms with E-state index in [9.17, 15) is 12.8 Å². The highest BCUT2D eigenvalue weighted by atomic mass is 32.2. The van der Waals surface area contributed by atoms with Crippen LogP contribution < -0.4 is 5.32 Å². The van der Waals surface area contributed by atoms with Gasteiger partial charge in [-0.1, -0.05) is 19.8 Å². The van der Waals surface area contributed by atoms with Gasteiger partial charge in [-0.3, -0.25) is 0 Å². The van der Waals surface area contributed by atoms with Gasteiger partial charge in [0.1, 0.15) is 5.82 Å². The maximum Gasteiger partial charge on any atom is 0.178 e. The second kappa shape index (κ2) is 6.28. The number of hydrogen-bond acceptors (Lipinski definition) is 3. The van der Waals surface area contributed by atoms with E-state index in [4.69, 9.17) is 0 Å². The quantitative estimate of drug-likeness (QED) is 0.866. The molecule has 1 fully saturated rings. The zero-order valence-corrected chi connectivity index (χ0v) is 13.8. The number of nitrogens with one attached hydrogen (secondary N) is 1. The van der Waals surface area contributed by atoms with Gasteiger partial charge < -0.3 is 5.32 Å². The molecule has 0 amide bonds. The summed E-state index contributed by atoms with van der Waals surface area (Å²) in [6.07, 6.45) is 5.58. The maximum atomic E-state index is 13.5. The van der Waals surface area contributed by atoms with Crippen LogP contribution in [0.25, 0.3) is 0 Å². The molecule has 5 heteroatoms. The first kappa shape index (κ1) is 15.9. The normalized spacial score (nSPS) is 30.7. The molecule has 0 bridgehead atoms. The van der Waals surface area contributed by atoms with Crippen LogP contribution in [0.2, 0.25) is 0 Å². The molecular weight excluding hydrogens is 301 g/mol. The van der Waals surface area contributed by atoms with Crippen molar-refractivity contribution in [1.29, 1.82) is 0 Å². The lowest BCUT2D eigenvalue weighted by atomic mass is 9.82. The number of hydrogen-bond donors (Lipinski definition) is 1. The molecule has 22 heavy (non-hydrogen) atoms. The number of sulfone groups is 1. The second-order valence-electron chi connectivity index (χ2n) is 6.89. The van der Waals surface area contributed by atoms with Gasteiger partial charge in [0.15, 0.2) is 9.84 Å². The molecule has 1 aromatic rings. The number of fused-ring (bicyclic) bond motifs is 1. The van der Waals surface area contributed by atoms with E-state index in [1.807, 2.05) is 0 Å². The Kier molecular flexibility index (Phi) is 4.55. The lowest BCUT2D eigenvalue weighted by molar-refractivity contribution is 0.265. The van der Waals surface area contributed by atoms with E-state index in [1.165, 1.54) is 43.9 Å². The number of rotatable bonds is 3. The number of halogens is 1. The standard InChI is InChI=1S/C17H24FNO2S/c1-12-3-2-4-13(9-12)11-19-16-7-8-22(20,21)17-6-5-14(18)10-15(16)17/h5-6,10,12-13,16,19H,2-4,7-9,11H2,1H3/t12-,13+,16-/m1/s1. The van der Waals surface area contributed by atoms with E-state index in [-0.39, 0.29) is 17.6 Å².